The minimum atomic E-state index is 0.623. The average molecular weight is 363 g/mol. The SMILES string of the molecule is CN(C)CCNc1nc(NCCc2ccncc2)cc(-c2ccncc2)n1. The molecule has 0 aliphatic carbocycles. The Morgan fingerprint density at radius 1 is 0.852 bits per heavy atom. The number of hydrogen-bond donors (Lipinski definition) is 2. The first-order valence-corrected chi connectivity index (χ1v) is 9.01. The van der Waals surface area contributed by atoms with Crippen molar-refractivity contribution in [2.45, 2.75) is 6.42 Å². The highest BCUT2D eigenvalue weighted by atomic mass is 15.2. The molecule has 7 nitrogen and oxygen atoms in total. The molecule has 3 heterocycles. The number of pyridine rings is 2. The van der Waals surface area contributed by atoms with E-state index in [1.165, 1.54) is 5.56 Å². The molecule has 7 heteroatoms. The Kier molecular flexibility index (Phi) is 6.65. The largest absolute Gasteiger partial charge is 0.370 e. The zero-order chi connectivity index (χ0) is 18.9. The summed E-state index contributed by atoms with van der Waals surface area (Å²) in [5.41, 5.74) is 3.12. The summed E-state index contributed by atoms with van der Waals surface area (Å²) >= 11 is 0. The second-order valence-corrected chi connectivity index (χ2v) is 6.46. The van der Waals surface area contributed by atoms with Crippen molar-refractivity contribution in [3.63, 3.8) is 0 Å². The molecule has 0 radical (unpaired) electrons. The smallest absolute Gasteiger partial charge is 0.225 e. The number of rotatable bonds is 9. The van der Waals surface area contributed by atoms with Gasteiger partial charge in [-0.15, -0.1) is 0 Å². The molecule has 0 aliphatic rings. The Bertz CT molecular complexity index is 822. The molecule has 0 bridgehead atoms. The summed E-state index contributed by atoms with van der Waals surface area (Å²) in [6.45, 7) is 2.48. The van der Waals surface area contributed by atoms with Crippen LogP contribution in [0.4, 0.5) is 11.8 Å². The predicted octanol–water partition coefficient (Wildman–Crippen LogP) is 2.56. The van der Waals surface area contributed by atoms with E-state index in [1.807, 2.05) is 56.8 Å². The fourth-order valence-electron chi connectivity index (χ4n) is 2.56. The summed E-state index contributed by atoms with van der Waals surface area (Å²) in [7, 11) is 4.09. The molecule has 140 valence electrons. The van der Waals surface area contributed by atoms with Crippen LogP contribution in [0.1, 0.15) is 5.56 Å². The van der Waals surface area contributed by atoms with E-state index in [9.17, 15) is 0 Å². The van der Waals surface area contributed by atoms with Crippen LogP contribution in [0.25, 0.3) is 11.3 Å². The fraction of sp³-hybridized carbons (Fsp3) is 0.300. The number of nitrogens with one attached hydrogen (secondary N) is 2. The third-order valence-corrected chi connectivity index (χ3v) is 4.01. The first-order chi connectivity index (χ1) is 13.2. The lowest BCUT2D eigenvalue weighted by Gasteiger charge is -2.13. The van der Waals surface area contributed by atoms with Gasteiger partial charge in [0.25, 0.3) is 0 Å². The summed E-state index contributed by atoms with van der Waals surface area (Å²) in [6, 6.07) is 9.93. The van der Waals surface area contributed by atoms with Crippen LogP contribution >= 0.6 is 0 Å². The molecule has 0 saturated heterocycles. The summed E-state index contributed by atoms with van der Waals surface area (Å²) in [5.74, 6) is 1.43. The van der Waals surface area contributed by atoms with Gasteiger partial charge in [0.05, 0.1) is 5.69 Å². The van der Waals surface area contributed by atoms with Gasteiger partial charge < -0.3 is 15.5 Å². The molecule has 0 fully saturated rings. The normalized spacial score (nSPS) is 10.8. The maximum atomic E-state index is 4.65. The zero-order valence-corrected chi connectivity index (χ0v) is 15.8. The molecule has 3 aromatic rings. The van der Waals surface area contributed by atoms with Gasteiger partial charge in [-0.05, 0) is 50.3 Å². The van der Waals surface area contributed by atoms with Crippen molar-refractivity contribution < 1.29 is 0 Å². The monoisotopic (exact) mass is 363 g/mol. The van der Waals surface area contributed by atoms with Crippen LogP contribution in [0.2, 0.25) is 0 Å². The second-order valence-electron chi connectivity index (χ2n) is 6.46. The third-order valence-electron chi connectivity index (χ3n) is 4.01. The minimum Gasteiger partial charge on any atom is -0.370 e. The zero-order valence-electron chi connectivity index (χ0n) is 15.8. The molecular weight excluding hydrogens is 338 g/mol. The lowest BCUT2D eigenvalue weighted by atomic mass is 10.2. The summed E-state index contributed by atoms with van der Waals surface area (Å²) in [5, 5.41) is 6.71. The third kappa shape index (κ3) is 6.00. The molecule has 0 atom stereocenters. The van der Waals surface area contributed by atoms with E-state index in [4.69, 9.17) is 0 Å². The Morgan fingerprint density at radius 3 is 2.26 bits per heavy atom. The summed E-state index contributed by atoms with van der Waals surface area (Å²) in [6.07, 6.45) is 8.07. The van der Waals surface area contributed by atoms with Gasteiger partial charge in [0.2, 0.25) is 5.95 Å². The predicted molar refractivity (Wildman–Crippen MR) is 109 cm³/mol. The fourth-order valence-corrected chi connectivity index (χ4v) is 2.56. The van der Waals surface area contributed by atoms with Gasteiger partial charge in [0, 0.05) is 56.1 Å². The lowest BCUT2D eigenvalue weighted by Crippen LogP contribution is -2.21. The van der Waals surface area contributed by atoms with Gasteiger partial charge in [-0.3, -0.25) is 9.97 Å². The van der Waals surface area contributed by atoms with Crippen molar-refractivity contribution in [3.05, 3.63) is 60.7 Å². The Labute approximate surface area is 159 Å². The lowest BCUT2D eigenvalue weighted by molar-refractivity contribution is 0.425. The summed E-state index contributed by atoms with van der Waals surface area (Å²) < 4.78 is 0. The van der Waals surface area contributed by atoms with Crippen LogP contribution in [0, 0.1) is 0 Å². The molecule has 3 rings (SSSR count). The van der Waals surface area contributed by atoms with Crippen molar-refractivity contribution in [2.24, 2.45) is 0 Å². The Balaban J connectivity index is 1.72. The van der Waals surface area contributed by atoms with Gasteiger partial charge in [0.1, 0.15) is 5.82 Å². The molecule has 0 unspecified atom stereocenters. The number of nitrogens with zero attached hydrogens (tertiary/aromatic N) is 5. The highest BCUT2D eigenvalue weighted by molar-refractivity contribution is 5.63. The molecule has 0 saturated carbocycles. The van der Waals surface area contributed by atoms with Crippen molar-refractivity contribution in [1.29, 1.82) is 0 Å². The van der Waals surface area contributed by atoms with Gasteiger partial charge in [-0.2, -0.15) is 4.98 Å². The van der Waals surface area contributed by atoms with Crippen molar-refractivity contribution in [1.82, 2.24) is 24.8 Å². The first kappa shape index (κ1) is 18.7. The maximum absolute atomic E-state index is 4.65. The second kappa shape index (κ2) is 9.59. The van der Waals surface area contributed by atoms with E-state index in [1.54, 1.807) is 12.4 Å². The van der Waals surface area contributed by atoms with Gasteiger partial charge in [-0.25, -0.2) is 4.98 Å². The van der Waals surface area contributed by atoms with Crippen molar-refractivity contribution >= 4 is 11.8 Å². The molecule has 27 heavy (non-hydrogen) atoms. The molecular formula is C20H25N7. The Morgan fingerprint density at radius 2 is 1.56 bits per heavy atom. The van der Waals surface area contributed by atoms with Gasteiger partial charge in [-0.1, -0.05) is 0 Å². The summed E-state index contributed by atoms with van der Waals surface area (Å²) in [4.78, 5) is 19.5. The average Bonchev–Trinajstić information content (AvgIpc) is 2.69. The van der Waals surface area contributed by atoms with Crippen LogP contribution in [0.5, 0.6) is 0 Å². The van der Waals surface area contributed by atoms with Crippen LogP contribution in [-0.4, -0.2) is 58.6 Å². The molecule has 2 N–H and O–H groups in total. The van der Waals surface area contributed by atoms with Crippen molar-refractivity contribution in [3.8, 4) is 11.3 Å². The van der Waals surface area contributed by atoms with Crippen molar-refractivity contribution in [2.75, 3.05) is 44.4 Å². The van der Waals surface area contributed by atoms with Gasteiger partial charge in [0.15, 0.2) is 0 Å². The van der Waals surface area contributed by atoms with Crippen LogP contribution < -0.4 is 10.6 Å². The Hall–Kier alpha value is -3.06. The number of aromatic nitrogens is 4. The topological polar surface area (TPSA) is 78.9 Å². The van der Waals surface area contributed by atoms with E-state index >= 15 is 0 Å². The highest BCUT2D eigenvalue weighted by Crippen LogP contribution is 2.20. The number of likely N-dealkylation sites (N-methyl/N-ethyl adjacent to an activating group) is 1. The molecule has 0 aromatic carbocycles. The molecule has 0 amide bonds. The van der Waals surface area contributed by atoms with Crippen LogP contribution in [0.3, 0.4) is 0 Å². The standard InChI is InChI=1S/C20H25N7/c1-27(2)14-13-24-20-25-18(17-6-10-22-11-7-17)15-19(26-20)23-12-5-16-3-8-21-9-4-16/h3-4,6-11,15H,5,12-14H2,1-2H3,(H2,23,24,25,26). The molecule has 0 spiro atoms. The number of anilines is 2. The quantitative estimate of drug-likeness (QED) is 0.605. The first-order valence-electron chi connectivity index (χ1n) is 9.01. The maximum Gasteiger partial charge on any atom is 0.225 e. The molecule has 3 aromatic heterocycles. The highest BCUT2D eigenvalue weighted by Gasteiger charge is 2.07. The van der Waals surface area contributed by atoms with E-state index in [-0.39, 0.29) is 0 Å². The minimum absolute atomic E-state index is 0.623. The van der Waals surface area contributed by atoms with E-state index in [0.29, 0.717) is 5.95 Å². The van der Waals surface area contributed by atoms with Crippen LogP contribution in [0.15, 0.2) is 55.1 Å². The van der Waals surface area contributed by atoms with Crippen LogP contribution in [-0.2, 0) is 6.42 Å². The van der Waals surface area contributed by atoms with E-state index in [0.717, 1.165) is 43.1 Å². The van der Waals surface area contributed by atoms with Gasteiger partial charge >= 0.3 is 0 Å². The number of hydrogen-bond acceptors (Lipinski definition) is 7. The molecule has 0 aliphatic heterocycles. The van der Waals surface area contributed by atoms with E-state index < -0.39 is 0 Å². The van der Waals surface area contributed by atoms with E-state index in [2.05, 4.69) is 35.5 Å².